The number of nitrogens with one attached hydrogen (secondary N) is 1. The maximum atomic E-state index is 12.8. The van der Waals surface area contributed by atoms with E-state index in [0.717, 1.165) is 18.4 Å². The first-order valence-electron chi connectivity index (χ1n) is 12.4. The van der Waals surface area contributed by atoms with Crippen LogP contribution in [0.15, 0.2) is 53.4 Å². The molecule has 1 saturated heterocycles. The Balaban J connectivity index is 1.32. The molecule has 1 amide bonds. The Kier molecular flexibility index (Phi) is 8.06. The molecule has 1 aliphatic heterocycles. The molecule has 2 fully saturated rings. The second-order valence-corrected chi connectivity index (χ2v) is 11.6. The number of nitrogens with zero attached hydrogens (tertiary/aromatic N) is 1. The lowest BCUT2D eigenvalue weighted by molar-refractivity contribution is -0.121. The molecule has 2 aliphatic rings. The molecule has 0 atom stereocenters. The lowest BCUT2D eigenvalue weighted by atomic mass is 9.69. The first kappa shape index (κ1) is 24.9. The molecule has 1 aliphatic carbocycles. The third-order valence-corrected chi connectivity index (χ3v) is 9.15. The van der Waals surface area contributed by atoms with Crippen molar-refractivity contribution < 1.29 is 17.9 Å². The van der Waals surface area contributed by atoms with Crippen LogP contribution in [0.5, 0.6) is 0 Å². The number of hydrogen-bond acceptors (Lipinski definition) is 4. The van der Waals surface area contributed by atoms with Crippen molar-refractivity contribution in [1.82, 2.24) is 9.62 Å². The Hall–Kier alpha value is -2.22. The predicted octanol–water partition coefficient (Wildman–Crippen LogP) is 3.97. The van der Waals surface area contributed by atoms with Crippen molar-refractivity contribution in [3.8, 4) is 0 Å². The molecule has 0 radical (unpaired) electrons. The number of carbonyl (C=O) groups is 1. The molecule has 0 spiro atoms. The molecule has 1 heterocycles. The van der Waals surface area contributed by atoms with Crippen molar-refractivity contribution in [2.24, 2.45) is 0 Å². The summed E-state index contributed by atoms with van der Waals surface area (Å²) in [4.78, 5) is 13.0. The van der Waals surface area contributed by atoms with Crippen molar-refractivity contribution in [3.63, 3.8) is 0 Å². The van der Waals surface area contributed by atoms with Gasteiger partial charge in [0.1, 0.15) is 0 Å². The zero-order valence-electron chi connectivity index (χ0n) is 20.1. The highest BCUT2D eigenvalue weighted by atomic mass is 32.2. The Bertz CT molecular complexity index is 1070. The smallest absolute Gasteiger partial charge is 0.243 e. The van der Waals surface area contributed by atoms with E-state index < -0.39 is 10.0 Å². The molecule has 1 N–H and O–H groups in total. The Morgan fingerprint density at radius 1 is 1.03 bits per heavy atom. The summed E-state index contributed by atoms with van der Waals surface area (Å²) < 4.78 is 32.3. The van der Waals surface area contributed by atoms with Crippen molar-refractivity contribution in [2.75, 3.05) is 32.8 Å². The van der Waals surface area contributed by atoms with E-state index in [1.807, 2.05) is 12.1 Å². The summed E-state index contributed by atoms with van der Waals surface area (Å²) in [6.45, 7) is 4.42. The summed E-state index contributed by atoms with van der Waals surface area (Å²) in [5, 5.41) is 3.21. The van der Waals surface area contributed by atoms with Gasteiger partial charge < -0.3 is 10.1 Å². The molecule has 34 heavy (non-hydrogen) atoms. The number of rotatable bonds is 8. The van der Waals surface area contributed by atoms with Gasteiger partial charge in [-0.05, 0) is 49.4 Å². The Labute approximate surface area is 203 Å². The molecule has 6 nitrogen and oxygen atoms in total. The van der Waals surface area contributed by atoms with Crippen LogP contribution in [-0.2, 0) is 31.4 Å². The highest BCUT2D eigenvalue weighted by Crippen LogP contribution is 2.39. The molecule has 0 bridgehead atoms. The minimum absolute atomic E-state index is 0.0232. The van der Waals surface area contributed by atoms with Crippen LogP contribution in [0.4, 0.5) is 0 Å². The van der Waals surface area contributed by atoms with E-state index in [-0.39, 0.29) is 11.3 Å². The van der Waals surface area contributed by atoms with E-state index in [0.29, 0.717) is 50.6 Å². The molecule has 4 rings (SSSR count). The quantitative estimate of drug-likeness (QED) is 0.615. The molecule has 1 saturated carbocycles. The van der Waals surface area contributed by atoms with E-state index in [4.69, 9.17) is 4.74 Å². The molecule has 0 aromatic heterocycles. The van der Waals surface area contributed by atoms with Crippen LogP contribution in [0.25, 0.3) is 0 Å². The summed E-state index contributed by atoms with van der Waals surface area (Å²) in [5.74, 6) is 0.0441. The number of hydrogen-bond donors (Lipinski definition) is 1. The molecule has 2 aromatic rings. The fourth-order valence-electron chi connectivity index (χ4n) is 5.15. The van der Waals surface area contributed by atoms with Crippen molar-refractivity contribution >= 4 is 15.9 Å². The number of carbonyl (C=O) groups excluding carboxylic acids is 1. The topological polar surface area (TPSA) is 75.7 Å². The largest absolute Gasteiger partial charge is 0.379 e. The van der Waals surface area contributed by atoms with Crippen molar-refractivity contribution in [3.05, 3.63) is 65.2 Å². The molecule has 0 unspecified atom stereocenters. The van der Waals surface area contributed by atoms with E-state index >= 15 is 0 Å². The lowest BCUT2D eigenvalue weighted by Gasteiger charge is -2.38. The van der Waals surface area contributed by atoms with Gasteiger partial charge in [0, 0.05) is 31.5 Å². The average Bonchev–Trinajstić information content (AvgIpc) is 2.87. The first-order valence-corrected chi connectivity index (χ1v) is 13.8. The number of morpholine rings is 1. The van der Waals surface area contributed by atoms with E-state index in [1.165, 1.54) is 34.7 Å². The molecular formula is C27H36N2O4S. The molecular weight excluding hydrogens is 448 g/mol. The second kappa shape index (κ2) is 11.0. The van der Waals surface area contributed by atoms with Gasteiger partial charge in [-0.3, -0.25) is 4.79 Å². The third-order valence-electron chi connectivity index (χ3n) is 7.24. The van der Waals surface area contributed by atoms with Crippen LogP contribution in [0.2, 0.25) is 0 Å². The minimum atomic E-state index is -3.49. The van der Waals surface area contributed by atoms with Gasteiger partial charge in [0.05, 0.1) is 18.1 Å². The van der Waals surface area contributed by atoms with Gasteiger partial charge in [0.25, 0.3) is 0 Å². The number of benzene rings is 2. The second-order valence-electron chi connectivity index (χ2n) is 9.65. The Morgan fingerprint density at radius 3 is 2.41 bits per heavy atom. The van der Waals surface area contributed by atoms with Gasteiger partial charge >= 0.3 is 0 Å². The Morgan fingerprint density at radius 2 is 1.74 bits per heavy atom. The zero-order valence-corrected chi connectivity index (χ0v) is 20.9. The maximum absolute atomic E-state index is 12.8. The highest BCUT2D eigenvalue weighted by molar-refractivity contribution is 7.89. The lowest BCUT2D eigenvalue weighted by Crippen LogP contribution is -2.42. The normalized spacial score (nSPS) is 19.0. The van der Waals surface area contributed by atoms with Crippen LogP contribution >= 0.6 is 0 Å². The van der Waals surface area contributed by atoms with E-state index in [9.17, 15) is 13.2 Å². The number of aryl methyl sites for hydroxylation is 2. The predicted molar refractivity (Wildman–Crippen MR) is 133 cm³/mol. The average molecular weight is 485 g/mol. The summed E-state index contributed by atoms with van der Waals surface area (Å²) in [6, 6.07) is 15.6. The van der Waals surface area contributed by atoms with Gasteiger partial charge in [0.15, 0.2) is 0 Å². The highest BCUT2D eigenvalue weighted by Gasteiger charge is 2.34. The molecule has 7 heteroatoms. The summed E-state index contributed by atoms with van der Waals surface area (Å²) >= 11 is 0. The van der Waals surface area contributed by atoms with Crippen molar-refractivity contribution in [1.29, 1.82) is 0 Å². The standard InChI is InChI=1S/C27H36N2O4S/c1-22-6-5-7-24(20-22)27(14-3-2-4-15-27)21-28-26(30)13-10-23-8-11-25(12-9-23)34(31,32)29-16-18-33-19-17-29/h5-9,11-12,20H,2-4,10,13-19,21H2,1H3,(H,28,30). The number of sulfonamides is 1. The fraction of sp³-hybridized carbons (Fsp3) is 0.519. The summed E-state index contributed by atoms with van der Waals surface area (Å²) in [5.41, 5.74) is 3.58. The van der Waals surface area contributed by atoms with Crippen molar-refractivity contribution in [2.45, 2.75) is 62.2 Å². The number of ether oxygens (including phenoxy) is 1. The van der Waals surface area contributed by atoms with Crippen LogP contribution in [0, 0.1) is 6.92 Å². The van der Waals surface area contributed by atoms with Crippen LogP contribution < -0.4 is 5.32 Å². The zero-order chi connectivity index (χ0) is 24.0. The molecule has 184 valence electrons. The number of amides is 1. The SMILES string of the molecule is Cc1cccc(C2(CNC(=O)CCc3ccc(S(=O)(=O)N4CCOCC4)cc3)CCCCC2)c1. The van der Waals surface area contributed by atoms with Gasteiger partial charge in [-0.2, -0.15) is 4.31 Å². The van der Waals surface area contributed by atoms with Gasteiger partial charge in [-0.1, -0.05) is 61.2 Å². The maximum Gasteiger partial charge on any atom is 0.243 e. The fourth-order valence-corrected chi connectivity index (χ4v) is 6.56. The van der Waals surface area contributed by atoms with Crippen LogP contribution in [0.1, 0.15) is 55.2 Å². The third kappa shape index (κ3) is 5.88. The van der Waals surface area contributed by atoms with E-state index in [2.05, 4.69) is 36.5 Å². The summed E-state index contributed by atoms with van der Waals surface area (Å²) in [6.07, 6.45) is 6.85. The van der Waals surface area contributed by atoms with Gasteiger partial charge in [0.2, 0.25) is 15.9 Å². The van der Waals surface area contributed by atoms with Crippen LogP contribution in [-0.4, -0.2) is 51.5 Å². The first-order chi connectivity index (χ1) is 16.4. The van der Waals surface area contributed by atoms with Gasteiger partial charge in [-0.15, -0.1) is 0 Å². The summed E-state index contributed by atoms with van der Waals surface area (Å²) in [7, 11) is -3.49. The van der Waals surface area contributed by atoms with Crippen LogP contribution in [0.3, 0.4) is 0 Å². The monoisotopic (exact) mass is 484 g/mol. The minimum Gasteiger partial charge on any atom is -0.379 e. The van der Waals surface area contributed by atoms with E-state index in [1.54, 1.807) is 12.1 Å². The molecule has 2 aromatic carbocycles. The van der Waals surface area contributed by atoms with Gasteiger partial charge in [-0.25, -0.2) is 8.42 Å².